The fraction of sp³-hybridized carbons (Fsp3) is 0.621. The molecule has 0 saturated carbocycles. The van der Waals surface area contributed by atoms with Crippen LogP contribution in [0.25, 0.3) is 0 Å². The van der Waals surface area contributed by atoms with E-state index in [1.54, 1.807) is 52.0 Å². The predicted molar refractivity (Wildman–Crippen MR) is 156 cm³/mol. The summed E-state index contributed by atoms with van der Waals surface area (Å²) in [6.07, 6.45) is -0.554. The summed E-state index contributed by atoms with van der Waals surface area (Å²) >= 11 is 0. The lowest BCUT2D eigenvalue weighted by atomic mass is 10.00. The Bertz CT molecular complexity index is 1050. The van der Waals surface area contributed by atoms with Crippen molar-refractivity contribution in [1.82, 2.24) is 21.3 Å². The summed E-state index contributed by atoms with van der Waals surface area (Å²) in [7, 11) is 1.47. The Labute approximate surface area is 243 Å². The highest BCUT2D eigenvalue weighted by molar-refractivity contribution is 5.96. The summed E-state index contributed by atoms with van der Waals surface area (Å²) in [6.45, 7) is 14.4. The molecular formula is C29H47N5O7. The molecule has 0 saturated heterocycles. The number of hydrogen-bond acceptors (Lipinski definition) is 7. The normalized spacial score (nSPS) is 12.4. The fourth-order valence-electron chi connectivity index (χ4n) is 3.47. The van der Waals surface area contributed by atoms with Gasteiger partial charge in [-0.15, -0.1) is 0 Å². The highest BCUT2D eigenvalue weighted by Crippen LogP contribution is 2.18. The van der Waals surface area contributed by atoms with Gasteiger partial charge in [-0.1, -0.05) is 39.8 Å². The van der Waals surface area contributed by atoms with Crippen LogP contribution in [0.15, 0.2) is 24.3 Å². The second-order valence-electron chi connectivity index (χ2n) is 11.8. The zero-order valence-corrected chi connectivity index (χ0v) is 25.7. The molecule has 0 aliphatic carbocycles. The molecule has 0 aliphatic heterocycles. The van der Waals surface area contributed by atoms with Crippen LogP contribution in [0, 0.1) is 11.8 Å². The van der Waals surface area contributed by atoms with E-state index >= 15 is 0 Å². The van der Waals surface area contributed by atoms with Crippen molar-refractivity contribution in [1.29, 1.82) is 0 Å². The monoisotopic (exact) mass is 577 g/mol. The van der Waals surface area contributed by atoms with Crippen LogP contribution in [0.1, 0.15) is 67.4 Å². The van der Waals surface area contributed by atoms with Gasteiger partial charge in [0.15, 0.2) is 0 Å². The Morgan fingerprint density at radius 1 is 0.878 bits per heavy atom. The molecule has 1 aromatic carbocycles. The van der Waals surface area contributed by atoms with Crippen molar-refractivity contribution in [2.24, 2.45) is 11.8 Å². The number of carbonyl (C=O) groups is 5. The van der Waals surface area contributed by atoms with Crippen molar-refractivity contribution in [3.05, 3.63) is 29.8 Å². The zero-order valence-electron chi connectivity index (χ0n) is 25.7. The molecular weight excluding hydrogens is 530 g/mol. The van der Waals surface area contributed by atoms with Crippen LogP contribution in [0.2, 0.25) is 0 Å². The van der Waals surface area contributed by atoms with Gasteiger partial charge in [-0.05, 0) is 51.3 Å². The van der Waals surface area contributed by atoms with E-state index in [0.717, 1.165) is 5.56 Å². The van der Waals surface area contributed by atoms with Crippen LogP contribution in [-0.4, -0.2) is 67.1 Å². The maximum absolute atomic E-state index is 12.8. The summed E-state index contributed by atoms with van der Waals surface area (Å²) in [5.41, 5.74) is -0.230. The van der Waals surface area contributed by atoms with Gasteiger partial charge in [0.25, 0.3) is 0 Å². The molecule has 230 valence electrons. The van der Waals surface area contributed by atoms with Crippen molar-refractivity contribution in [2.45, 2.75) is 85.6 Å². The highest BCUT2D eigenvalue weighted by atomic mass is 16.5. The van der Waals surface area contributed by atoms with Crippen molar-refractivity contribution < 1.29 is 33.4 Å². The molecule has 1 atom stereocenters. The standard InChI is InChI=1S/C29H47N5O7/c1-18(2)24(33-22(35)14-29(7,8)41-17-28(5,6)34-25(37)19(3)4)26(38)31-15-23(36)32-21-12-10-20(11-13-21)16-40-27(39)30-9/h10-13,18-19,24H,14-17H2,1-9H3,(H,30,39)(H,31,38)(H,32,36)(H,33,35)(H,34,37). The molecule has 5 amide bonds. The average Bonchev–Trinajstić information content (AvgIpc) is 2.88. The van der Waals surface area contributed by atoms with E-state index in [4.69, 9.17) is 9.47 Å². The van der Waals surface area contributed by atoms with Gasteiger partial charge < -0.3 is 36.1 Å². The van der Waals surface area contributed by atoms with Gasteiger partial charge in [0.05, 0.1) is 30.7 Å². The lowest BCUT2D eigenvalue weighted by molar-refractivity contribution is -0.135. The zero-order chi connectivity index (χ0) is 31.4. The van der Waals surface area contributed by atoms with E-state index in [0.29, 0.717) is 5.69 Å². The number of anilines is 1. The number of ether oxygens (including phenoxy) is 2. The molecule has 0 aromatic heterocycles. The summed E-state index contributed by atoms with van der Waals surface area (Å²) in [5, 5.41) is 13.3. The first-order chi connectivity index (χ1) is 18.9. The first-order valence-corrected chi connectivity index (χ1v) is 13.7. The molecule has 0 spiro atoms. The summed E-state index contributed by atoms with van der Waals surface area (Å²) in [6, 6.07) is 5.86. The Morgan fingerprint density at radius 3 is 2.02 bits per heavy atom. The van der Waals surface area contributed by atoms with Gasteiger partial charge in [-0.2, -0.15) is 0 Å². The Balaban J connectivity index is 2.59. The quantitative estimate of drug-likeness (QED) is 0.214. The smallest absolute Gasteiger partial charge is 0.407 e. The number of alkyl carbamates (subject to hydrolysis) is 1. The summed E-state index contributed by atoms with van der Waals surface area (Å²) < 4.78 is 10.9. The van der Waals surface area contributed by atoms with Crippen molar-refractivity contribution in [3.8, 4) is 0 Å². The Morgan fingerprint density at radius 2 is 1.49 bits per heavy atom. The third kappa shape index (κ3) is 14.0. The average molecular weight is 578 g/mol. The van der Waals surface area contributed by atoms with Crippen LogP contribution in [-0.2, 0) is 35.3 Å². The third-order valence-electron chi connectivity index (χ3n) is 5.90. The molecule has 12 heteroatoms. The van der Waals surface area contributed by atoms with Crippen molar-refractivity contribution in [2.75, 3.05) is 25.5 Å². The lowest BCUT2D eigenvalue weighted by Gasteiger charge is -2.33. The van der Waals surface area contributed by atoms with Crippen LogP contribution in [0.3, 0.4) is 0 Å². The number of carbonyl (C=O) groups excluding carboxylic acids is 5. The number of benzene rings is 1. The predicted octanol–water partition coefficient (Wildman–Crippen LogP) is 2.47. The number of hydrogen-bond donors (Lipinski definition) is 5. The van der Waals surface area contributed by atoms with E-state index in [1.165, 1.54) is 7.05 Å². The minimum atomic E-state index is -0.855. The van der Waals surface area contributed by atoms with E-state index in [-0.39, 0.29) is 49.8 Å². The molecule has 0 aliphatic rings. The Kier molecular flexibility index (Phi) is 13.7. The number of rotatable bonds is 15. The van der Waals surface area contributed by atoms with Gasteiger partial charge in [-0.3, -0.25) is 19.2 Å². The number of amides is 5. The molecule has 5 N–H and O–H groups in total. The van der Waals surface area contributed by atoms with Gasteiger partial charge in [0.1, 0.15) is 12.6 Å². The Hall–Kier alpha value is -3.67. The van der Waals surface area contributed by atoms with E-state index < -0.39 is 35.1 Å². The topological polar surface area (TPSA) is 164 Å². The van der Waals surface area contributed by atoms with Crippen LogP contribution in [0.5, 0.6) is 0 Å². The molecule has 1 rings (SSSR count). The fourth-order valence-corrected chi connectivity index (χ4v) is 3.47. The molecule has 12 nitrogen and oxygen atoms in total. The highest BCUT2D eigenvalue weighted by Gasteiger charge is 2.31. The lowest BCUT2D eigenvalue weighted by Crippen LogP contribution is -2.53. The van der Waals surface area contributed by atoms with E-state index in [9.17, 15) is 24.0 Å². The van der Waals surface area contributed by atoms with Gasteiger partial charge in [0.2, 0.25) is 23.6 Å². The maximum Gasteiger partial charge on any atom is 0.407 e. The molecule has 1 unspecified atom stereocenters. The minimum absolute atomic E-state index is 0.0116. The molecule has 0 heterocycles. The van der Waals surface area contributed by atoms with Crippen molar-refractivity contribution in [3.63, 3.8) is 0 Å². The van der Waals surface area contributed by atoms with E-state index in [2.05, 4.69) is 26.6 Å². The van der Waals surface area contributed by atoms with Crippen LogP contribution >= 0.6 is 0 Å². The molecule has 1 aromatic rings. The van der Waals surface area contributed by atoms with E-state index in [1.807, 2.05) is 27.7 Å². The third-order valence-corrected chi connectivity index (χ3v) is 5.90. The van der Waals surface area contributed by atoms with Gasteiger partial charge >= 0.3 is 6.09 Å². The minimum Gasteiger partial charge on any atom is -0.445 e. The number of nitrogens with one attached hydrogen (secondary N) is 5. The van der Waals surface area contributed by atoms with Crippen molar-refractivity contribution >= 4 is 35.4 Å². The van der Waals surface area contributed by atoms with Crippen LogP contribution in [0.4, 0.5) is 10.5 Å². The van der Waals surface area contributed by atoms with Gasteiger partial charge in [0, 0.05) is 18.7 Å². The molecule has 0 bridgehead atoms. The second kappa shape index (κ2) is 15.9. The summed E-state index contributed by atoms with van der Waals surface area (Å²) in [5.74, 6) is -1.79. The first-order valence-electron chi connectivity index (χ1n) is 13.7. The van der Waals surface area contributed by atoms with Crippen LogP contribution < -0.4 is 26.6 Å². The molecule has 41 heavy (non-hydrogen) atoms. The summed E-state index contributed by atoms with van der Waals surface area (Å²) in [4.78, 5) is 61.3. The second-order valence-corrected chi connectivity index (χ2v) is 11.8. The SMILES string of the molecule is CNC(=O)OCc1ccc(NC(=O)CNC(=O)C(NC(=O)CC(C)(C)OCC(C)(C)NC(=O)C(C)C)C(C)C)cc1. The maximum atomic E-state index is 12.8. The van der Waals surface area contributed by atoms with Gasteiger partial charge in [-0.25, -0.2) is 4.79 Å². The molecule has 0 radical (unpaired) electrons. The largest absolute Gasteiger partial charge is 0.445 e. The molecule has 0 fully saturated rings. The first kappa shape index (κ1) is 35.4.